The van der Waals surface area contributed by atoms with Crippen LogP contribution in [0.1, 0.15) is 50.8 Å². The van der Waals surface area contributed by atoms with Crippen LogP contribution < -0.4 is 4.90 Å². The number of hydrogen-bond donors (Lipinski definition) is 0. The highest BCUT2D eigenvalue weighted by atomic mass is 16.4. The van der Waals surface area contributed by atoms with E-state index < -0.39 is 0 Å². The number of rotatable bonds is 6. The van der Waals surface area contributed by atoms with Crippen LogP contribution in [-0.4, -0.2) is 52.2 Å². The number of amides is 1. The number of hydrogen-bond acceptors (Lipinski definition) is 6. The first-order valence-corrected chi connectivity index (χ1v) is 9.28. The first-order valence-electron chi connectivity index (χ1n) is 9.28. The van der Waals surface area contributed by atoms with Crippen molar-refractivity contribution in [1.82, 2.24) is 20.1 Å². The van der Waals surface area contributed by atoms with Crippen LogP contribution in [-0.2, 0) is 11.2 Å². The summed E-state index contributed by atoms with van der Waals surface area (Å²) in [5.74, 6) is 2.45. The minimum atomic E-state index is 0.113. The Labute approximate surface area is 154 Å². The zero-order chi connectivity index (χ0) is 18.5. The fraction of sp³-hybridized carbons (Fsp3) is 0.579. The van der Waals surface area contributed by atoms with Crippen LogP contribution in [0.4, 0.5) is 5.82 Å². The molecule has 26 heavy (non-hydrogen) atoms. The molecule has 0 N–H and O–H groups in total. The maximum absolute atomic E-state index is 12.6. The molecule has 7 heteroatoms. The van der Waals surface area contributed by atoms with E-state index in [-0.39, 0.29) is 17.9 Å². The zero-order valence-corrected chi connectivity index (χ0v) is 15.8. The van der Waals surface area contributed by atoms with Crippen LogP contribution in [0, 0.1) is 0 Å². The first kappa shape index (κ1) is 18.4. The Kier molecular flexibility index (Phi) is 5.85. The highest BCUT2D eigenvalue weighted by Gasteiger charge is 2.26. The van der Waals surface area contributed by atoms with E-state index in [4.69, 9.17) is 4.42 Å². The molecule has 2 aromatic heterocycles. The summed E-state index contributed by atoms with van der Waals surface area (Å²) in [4.78, 5) is 21.2. The molecule has 0 bridgehead atoms. The van der Waals surface area contributed by atoms with Gasteiger partial charge < -0.3 is 14.2 Å². The predicted octanol–water partition coefficient (Wildman–Crippen LogP) is 2.65. The van der Waals surface area contributed by atoms with E-state index in [0.29, 0.717) is 24.6 Å². The summed E-state index contributed by atoms with van der Waals surface area (Å²) in [6, 6.07) is 6.14. The summed E-state index contributed by atoms with van der Waals surface area (Å²) in [5.41, 5.74) is 0. The van der Waals surface area contributed by atoms with Crippen molar-refractivity contribution in [2.45, 2.75) is 51.5 Å². The maximum Gasteiger partial charge on any atom is 0.223 e. The summed E-state index contributed by atoms with van der Waals surface area (Å²) in [5, 5.41) is 8.05. The third-order valence-electron chi connectivity index (χ3n) is 4.84. The topological polar surface area (TPSA) is 75.4 Å². The molecule has 0 unspecified atom stereocenters. The third-order valence-corrected chi connectivity index (χ3v) is 4.84. The van der Waals surface area contributed by atoms with Crippen molar-refractivity contribution in [3.8, 4) is 0 Å². The highest BCUT2D eigenvalue weighted by molar-refractivity contribution is 5.76. The van der Waals surface area contributed by atoms with Crippen LogP contribution in [0.25, 0.3) is 0 Å². The summed E-state index contributed by atoms with van der Waals surface area (Å²) >= 11 is 0. The number of carbonyl (C=O) groups is 1. The van der Waals surface area contributed by atoms with Crippen LogP contribution >= 0.6 is 0 Å². The molecule has 1 aliphatic rings. The average molecular weight is 357 g/mol. The van der Waals surface area contributed by atoms with Crippen molar-refractivity contribution >= 4 is 11.7 Å². The Hall–Kier alpha value is -2.44. The Morgan fingerprint density at radius 2 is 2.23 bits per heavy atom. The minimum Gasteiger partial charge on any atom is -0.425 e. The molecule has 1 aliphatic heterocycles. The predicted molar refractivity (Wildman–Crippen MR) is 99.0 cm³/mol. The quantitative estimate of drug-likeness (QED) is 0.791. The molecular weight excluding hydrogens is 330 g/mol. The average Bonchev–Trinajstić information content (AvgIpc) is 3.16. The molecule has 140 valence electrons. The number of carbonyl (C=O) groups excluding carboxylic acids is 1. The number of anilines is 1. The second-order valence-electron chi connectivity index (χ2n) is 7.12. The van der Waals surface area contributed by atoms with Crippen LogP contribution in [0.3, 0.4) is 0 Å². The van der Waals surface area contributed by atoms with Gasteiger partial charge in [-0.2, -0.15) is 0 Å². The van der Waals surface area contributed by atoms with Crippen molar-refractivity contribution < 1.29 is 9.21 Å². The van der Waals surface area contributed by atoms with Gasteiger partial charge in [-0.1, -0.05) is 19.9 Å². The molecule has 0 spiro atoms. The van der Waals surface area contributed by atoms with E-state index in [0.717, 1.165) is 31.7 Å². The first-order chi connectivity index (χ1) is 12.5. The van der Waals surface area contributed by atoms with Gasteiger partial charge in [0.2, 0.25) is 17.7 Å². The molecule has 1 saturated heterocycles. The van der Waals surface area contributed by atoms with Crippen molar-refractivity contribution in [2.24, 2.45) is 0 Å². The van der Waals surface area contributed by atoms with E-state index in [9.17, 15) is 4.79 Å². The van der Waals surface area contributed by atoms with Gasteiger partial charge in [-0.05, 0) is 25.0 Å². The Bertz CT molecular complexity index is 716. The normalized spacial score (nSPS) is 17.5. The number of aryl methyl sites for hydroxylation is 1. The zero-order valence-electron chi connectivity index (χ0n) is 15.8. The van der Waals surface area contributed by atoms with Gasteiger partial charge in [-0.25, -0.2) is 4.98 Å². The van der Waals surface area contributed by atoms with Crippen LogP contribution in [0.5, 0.6) is 0 Å². The van der Waals surface area contributed by atoms with Gasteiger partial charge in [0, 0.05) is 51.1 Å². The van der Waals surface area contributed by atoms with E-state index in [1.807, 2.05) is 50.2 Å². The molecule has 0 aromatic carbocycles. The summed E-state index contributed by atoms with van der Waals surface area (Å²) in [6.07, 6.45) is 4.75. The molecule has 7 nitrogen and oxygen atoms in total. The number of aromatic nitrogens is 3. The van der Waals surface area contributed by atoms with Gasteiger partial charge in [0.15, 0.2) is 0 Å². The fourth-order valence-corrected chi connectivity index (χ4v) is 3.21. The Balaban J connectivity index is 1.54. The van der Waals surface area contributed by atoms with Gasteiger partial charge in [0.1, 0.15) is 5.82 Å². The smallest absolute Gasteiger partial charge is 0.223 e. The Morgan fingerprint density at radius 1 is 1.38 bits per heavy atom. The van der Waals surface area contributed by atoms with Crippen molar-refractivity contribution in [3.05, 3.63) is 36.2 Å². The minimum absolute atomic E-state index is 0.113. The fourth-order valence-electron chi connectivity index (χ4n) is 3.21. The molecule has 1 atom stereocenters. The van der Waals surface area contributed by atoms with Gasteiger partial charge in [-0.15, -0.1) is 10.2 Å². The summed E-state index contributed by atoms with van der Waals surface area (Å²) in [7, 11) is 1.89. The van der Waals surface area contributed by atoms with Gasteiger partial charge >= 0.3 is 0 Å². The Morgan fingerprint density at radius 3 is 2.92 bits per heavy atom. The van der Waals surface area contributed by atoms with Crippen molar-refractivity contribution in [1.29, 1.82) is 0 Å². The van der Waals surface area contributed by atoms with E-state index in [1.54, 1.807) is 0 Å². The van der Waals surface area contributed by atoms with Crippen molar-refractivity contribution in [3.63, 3.8) is 0 Å². The monoisotopic (exact) mass is 357 g/mol. The lowest BCUT2D eigenvalue weighted by Crippen LogP contribution is -2.48. The second kappa shape index (κ2) is 8.29. The molecule has 0 saturated carbocycles. The van der Waals surface area contributed by atoms with Crippen LogP contribution in [0.2, 0.25) is 0 Å². The largest absolute Gasteiger partial charge is 0.425 e. The molecule has 2 aromatic rings. The molecular formula is C19H27N5O2. The molecule has 1 fully saturated rings. The highest BCUT2D eigenvalue weighted by Crippen LogP contribution is 2.21. The molecule has 3 heterocycles. The van der Waals surface area contributed by atoms with E-state index in [1.165, 1.54) is 0 Å². The van der Waals surface area contributed by atoms with Crippen LogP contribution in [0.15, 0.2) is 28.8 Å². The number of likely N-dealkylation sites (N-methyl/N-ethyl adjacent to an activating group) is 1. The van der Waals surface area contributed by atoms with E-state index in [2.05, 4.69) is 20.1 Å². The van der Waals surface area contributed by atoms with E-state index >= 15 is 0 Å². The number of pyridine rings is 1. The second-order valence-corrected chi connectivity index (χ2v) is 7.12. The molecule has 1 amide bonds. The van der Waals surface area contributed by atoms with Gasteiger partial charge in [0.25, 0.3) is 0 Å². The SMILES string of the molecule is CC(C)c1nnc(CCC(=O)N(C)[C@@H]2CCCN(c3ccccn3)C2)o1. The lowest BCUT2D eigenvalue weighted by atomic mass is 10.0. The summed E-state index contributed by atoms with van der Waals surface area (Å²) in [6.45, 7) is 5.81. The van der Waals surface area contributed by atoms with Gasteiger partial charge in [-0.3, -0.25) is 4.79 Å². The molecule has 0 aliphatic carbocycles. The molecule has 0 radical (unpaired) electrons. The third kappa shape index (κ3) is 4.39. The lowest BCUT2D eigenvalue weighted by Gasteiger charge is -2.38. The van der Waals surface area contributed by atoms with Crippen molar-refractivity contribution in [2.75, 3.05) is 25.0 Å². The maximum atomic E-state index is 12.6. The number of piperidine rings is 1. The standard InChI is InChI=1S/C19H27N5O2/c1-14(2)19-22-21-17(26-19)9-10-18(25)23(3)15-7-6-12-24(13-15)16-8-4-5-11-20-16/h4-5,8,11,14-15H,6-7,9-10,12-13H2,1-3H3/t15-/m1/s1. The summed E-state index contributed by atoms with van der Waals surface area (Å²) < 4.78 is 5.59. The lowest BCUT2D eigenvalue weighted by molar-refractivity contribution is -0.132. The van der Waals surface area contributed by atoms with Gasteiger partial charge in [0.05, 0.1) is 0 Å². The molecule has 3 rings (SSSR count). The number of nitrogens with zero attached hydrogens (tertiary/aromatic N) is 5.